The van der Waals surface area contributed by atoms with Gasteiger partial charge in [-0.2, -0.15) is 0 Å². The Balaban J connectivity index is 2.45. The van der Waals surface area contributed by atoms with E-state index in [4.69, 9.17) is 0 Å². The Morgan fingerprint density at radius 2 is 2.06 bits per heavy atom. The molecular weight excluding hydrogens is 218 g/mol. The van der Waals surface area contributed by atoms with Gasteiger partial charge in [0.25, 0.3) is 0 Å². The minimum atomic E-state index is -0.368. The Bertz CT molecular complexity index is 397. The lowest BCUT2D eigenvalue weighted by Gasteiger charge is -2.33. The maximum absolute atomic E-state index is 9.82. The van der Waals surface area contributed by atoms with Crippen molar-refractivity contribution < 1.29 is 5.11 Å². The number of hydrogen-bond donors (Lipinski definition) is 1. The van der Waals surface area contributed by atoms with E-state index in [-0.39, 0.29) is 11.6 Å². The van der Waals surface area contributed by atoms with Crippen molar-refractivity contribution in [1.29, 1.82) is 0 Å². The van der Waals surface area contributed by atoms with Crippen LogP contribution >= 0.6 is 11.8 Å². The SMILES string of the molecule is CN1c2cc(C(C)(C)C)ccc2SCC1O. The first-order valence-corrected chi connectivity index (χ1v) is 6.56. The number of aliphatic hydroxyl groups excluding tert-OH is 1. The second-order valence-electron chi connectivity index (χ2n) is 5.34. The third kappa shape index (κ3) is 2.06. The van der Waals surface area contributed by atoms with Crippen LogP contribution in [0.15, 0.2) is 23.1 Å². The molecule has 1 N–H and O–H groups in total. The molecule has 1 aromatic carbocycles. The molecule has 1 aromatic rings. The highest BCUT2D eigenvalue weighted by atomic mass is 32.2. The lowest BCUT2D eigenvalue weighted by molar-refractivity contribution is 0.197. The Hall–Kier alpha value is -0.670. The number of rotatable bonds is 0. The van der Waals surface area contributed by atoms with Crippen molar-refractivity contribution in [2.45, 2.75) is 37.3 Å². The van der Waals surface area contributed by atoms with Gasteiger partial charge < -0.3 is 10.0 Å². The molecule has 0 bridgehead atoms. The quantitative estimate of drug-likeness (QED) is 0.750. The van der Waals surface area contributed by atoms with Crippen LogP contribution in [0.5, 0.6) is 0 Å². The fourth-order valence-electron chi connectivity index (χ4n) is 1.82. The lowest BCUT2D eigenvalue weighted by Crippen LogP contribution is -2.36. The molecule has 1 aliphatic rings. The van der Waals surface area contributed by atoms with E-state index in [1.54, 1.807) is 11.8 Å². The molecule has 1 unspecified atom stereocenters. The van der Waals surface area contributed by atoms with Gasteiger partial charge in [-0.25, -0.2) is 0 Å². The van der Waals surface area contributed by atoms with Crippen LogP contribution in [0.25, 0.3) is 0 Å². The van der Waals surface area contributed by atoms with Gasteiger partial charge in [-0.1, -0.05) is 26.8 Å². The topological polar surface area (TPSA) is 23.5 Å². The molecule has 88 valence electrons. The molecule has 0 aromatic heterocycles. The Morgan fingerprint density at radius 3 is 2.69 bits per heavy atom. The van der Waals surface area contributed by atoms with Gasteiger partial charge in [-0.05, 0) is 23.1 Å². The van der Waals surface area contributed by atoms with Crippen LogP contribution in [-0.2, 0) is 5.41 Å². The molecule has 0 spiro atoms. The highest BCUT2D eigenvalue weighted by molar-refractivity contribution is 7.99. The first-order valence-electron chi connectivity index (χ1n) is 5.58. The predicted octanol–water partition coefficient (Wildman–Crippen LogP) is 2.84. The van der Waals surface area contributed by atoms with Gasteiger partial charge >= 0.3 is 0 Å². The van der Waals surface area contributed by atoms with Gasteiger partial charge in [0.2, 0.25) is 0 Å². The number of thioether (sulfide) groups is 1. The molecule has 1 heterocycles. The summed E-state index contributed by atoms with van der Waals surface area (Å²) in [5.41, 5.74) is 2.62. The van der Waals surface area contributed by atoms with Gasteiger partial charge in [0.1, 0.15) is 6.23 Å². The number of hydrogen-bond acceptors (Lipinski definition) is 3. The summed E-state index contributed by atoms with van der Waals surface area (Å²) in [6.07, 6.45) is -0.368. The minimum absolute atomic E-state index is 0.156. The molecule has 3 heteroatoms. The zero-order valence-electron chi connectivity index (χ0n) is 10.3. The van der Waals surface area contributed by atoms with Gasteiger partial charge in [0, 0.05) is 17.7 Å². The van der Waals surface area contributed by atoms with E-state index in [0.717, 1.165) is 11.4 Å². The highest BCUT2D eigenvalue weighted by Crippen LogP contribution is 2.38. The summed E-state index contributed by atoms with van der Waals surface area (Å²) >= 11 is 1.73. The molecular formula is C13H19NOS. The van der Waals surface area contributed by atoms with Crippen molar-refractivity contribution in [3.8, 4) is 0 Å². The molecule has 0 fully saturated rings. The minimum Gasteiger partial charge on any atom is -0.373 e. The molecule has 2 rings (SSSR count). The summed E-state index contributed by atoms with van der Waals surface area (Å²) in [5.74, 6) is 0.748. The molecule has 0 amide bonds. The molecule has 2 nitrogen and oxygen atoms in total. The number of nitrogens with zero attached hydrogens (tertiary/aromatic N) is 1. The van der Waals surface area contributed by atoms with Crippen LogP contribution in [-0.4, -0.2) is 24.1 Å². The van der Waals surface area contributed by atoms with E-state index < -0.39 is 0 Å². The van der Waals surface area contributed by atoms with E-state index in [1.807, 2.05) is 11.9 Å². The third-order valence-corrected chi connectivity index (χ3v) is 4.16. The van der Waals surface area contributed by atoms with E-state index in [0.29, 0.717) is 0 Å². The monoisotopic (exact) mass is 237 g/mol. The number of benzene rings is 1. The van der Waals surface area contributed by atoms with Crippen LogP contribution in [0.1, 0.15) is 26.3 Å². The zero-order chi connectivity index (χ0) is 11.9. The number of anilines is 1. The second-order valence-corrected chi connectivity index (χ2v) is 6.40. The average molecular weight is 237 g/mol. The van der Waals surface area contributed by atoms with Gasteiger partial charge in [0.15, 0.2) is 0 Å². The molecule has 0 radical (unpaired) electrons. The van der Waals surface area contributed by atoms with Gasteiger partial charge in [0.05, 0.1) is 5.69 Å². The van der Waals surface area contributed by atoms with Crippen molar-refractivity contribution in [3.63, 3.8) is 0 Å². The summed E-state index contributed by atoms with van der Waals surface area (Å²) in [6.45, 7) is 6.63. The second kappa shape index (κ2) is 3.97. The van der Waals surface area contributed by atoms with Gasteiger partial charge in [-0.15, -0.1) is 11.8 Å². The summed E-state index contributed by atoms with van der Waals surface area (Å²) in [5, 5.41) is 9.82. The largest absolute Gasteiger partial charge is 0.373 e. The van der Waals surface area contributed by atoms with E-state index in [1.165, 1.54) is 10.5 Å². The summed E-state index contributed by atoms with van der Waals surface area (Å²) in [7, 11) is 1.95. The molecule has 1 aliphatic heterocycles. The van der Waals surface area contributed by atoms with E-state index >= 15 is 0 Å². The Morgan fingerprint density at radius 1 is 1.38 bits per heavy atom. The van der Waals surface area contributed by atoms with Crippen molar-refractivity contribution in [2.75, 3.05) is 17.7 Å². The molecule has 0 saturated heterocycles. The van der Waals surface area contributed by atoms with Crippen LogP contribution in [0.2, 0.25) is 0 Å². The molecule has 0 aliphatic carbocycles. The van der Waals surface area contributed by atoms with E-state index in [2.05, 4.69) is 39.0 Å². The molecule has 16 heavy (non-hydrogen) atoms. The maximum atomic E-state index is 9.82. The fourth-order valence-corrected chi connectivity index (χ4v) is 2.89. The zero-order valence-corrected chi connectivity index (χ0v) is 11.1. The first-order chi connectivity index (χ1) is 7.39. The van der Waals surface area contributed by atoms with Crippen LogP contribution < -0.4 is 4.90 Å². The lowest BCUT2D eigenvalue weighted by atomic mass is 9.87. The fraction of sp³-hybridized carbons (Fsp3) is 0.538. The first kappa shape index (κ1) is 11.8. The van der Waals surface area contributed by atoms with Crippen LogP contribution in [0.4, 0.5) is 5.69 Å². The van der Waals surface area contributed by atoms with Gasteiger partial charge in [-0.3, -0.25) is 0 Å². The summed E-state index contributed by atoms with van der Waals surface area (Å²) in [6, 6.07) is 6.56. The Labute approximate surface area is 102 Å². The summed E-state index contributed by atoms with van der Waals surface area (Å²) in [4.78, 5) is 3.22. The van der Waals surface area contributed by atoms with Crippen molar-refractivity contribution >= 4 is 17.4 Å². The number of aliphatic hydroxyl groups is 1. The van der Waals surface area contributed by atoms with Crippen LogP contribution in [0, 0.1) is 0 Å². The van der Waals surface area contributed by atoms with Crippen molar-refractivity contribution in [1.82, 2.24) is 0 Å². The van der Waals surface area contributed by atoms with Crippen molar-refractivity contribution in [3.05, 3.63) is 23.8 Å². The third-order valence-electron chi connectivity index (χ3n) is 3.04. The smallest absolute Gasteiger partial charge is 0.136 e. The van der Waals surface area contributed by atoms with E-state index in [9.17, 15) is 5.11 Å². The summed E-state index contributed by atoms with van der Waals surface area (Å²) < 4.78 is 0. The Kier molecular flexibility index (Phi) is 2.93. The maximum Gasteiger partial charge on any atom is 0.136 e. The van der Waals surface area contributed by atoms with Crippen molar-refractivity contribution in [2.24, 2.45) is 0 Å². The number of fused-ring (bicyclic) bond motifs is 1. The average Bonchev–Trinajstić information content (AvgIpc) is 2.22. The normalized spacial score (nSPS) is 20.8. The highest BCUT2D eigenvalue weighted by Gasteiger charge is 2.24. The molecule has 0 saturated carbocycles. The predicted molar refractivity (Wildman–Crippen MR) is 70.3 cm³/mol. The standard InChI is InChI=1S/C13H19NOS/c1-13(2,3)9-5-6-11-10(7-9)14(4)12(15)8-16-11/h5-7,12,15H,8H2,1-4H3. The molecule has 1 atom stereocenters. The van der Waals surface area contributed by atoms with Crippen LogP contribution in [0.3, 0.4) is 0 Å².